The van der Waals surface area contributed by atoms with Crippen LogP contribution in [0.2, 0.25) is 0 Å². The molecule has 110 valence electrons. The van der Waals surface area contributed by atoms with Crippen molar-refractivity contribution in [2.75, 3.05) is 13.1 Å². The van der Waals surface area contributed by atoms with Crippen LogP contribution in [0.3, 0.4) is 0 Å². The normalized spacial score (nSPS) is 20.7. The first-order chi connectivity index (χ1) is 8.85. The van der Waals surface area contributed by atoms with Crippen LogP contribution in [0.15, 0.2) is 0 Å². The van der Waals surface area contributed by atoms with Crippen LogP contribution in [-0.2, 0) is 9.59 Å². The van der Waals surface area contributed by atoms with Gasteiger partial charge in [0.1, 0.15) is 0 Å². The number of nitrogens with zero attached hydrogens (tertiary/aromatic N) is 1. The molecule has 1 aliphatic heterocycles. The van der Waals surface area contributed by atoms with E-state index < -0.39 is 0 Å². The number of amides is 2. The monoisotopic (exact) mass is 268 g/mol. The van der Waals surface area contributed by atoms with Crippen LogP contribution in [-0.4, -0.2) is 35.8 Å². The maximum Gasteiger partial charge on any atom is 0.229 e. The summed E-state index contributed by atoms with van der Waals surface area (Å²) in [6, 6.07) is 0.511. The molecule has 0 aliphatic carbocycles. The Kier molecular flexibility index (Phi) is 5.98. The smallest absolute Gasteiger partial charge is 0.229 e. The summed E-state index contributed by atoms with van der Waals surface area (Å²) in [7, 11) is 0. The first-order valence-corrected chi connectivity index (χ1v) is 7.42. The van der Waals surface area contributed by atoms with Crippen molar-refractivity contribution in [2.45, 2.75) is 65.8 Å². The van der Waals surface area contributed by atoms with Crippen molar-refractivity contribution in [3.05, 3.63) is 0 Å². The van der Waals surface area contributed by atoms with Crippen LogP contribution in [0, 0.1) is 5.41 Å². The fourth-order valence-corrected chi connectivity index (χ4v) is 2.63. The Balaban J connectivity index is 2.30. The number of rotatable bonds is 7. The van der Waals surface area contributed by atoms with Gasteiger partial charge in [0.05, 0.1) is 0 Å². The van der Waals surface area contributed by atoms with Crippen molar-refractivity contribution in [3.8, 4) is 0 Å². The van der Waals surface area contributed by atoms with Gasteiger partial charge in [-0.05, 0) is 31.7 Å². The molecule has 1 atom stereocenters. The molecule has 1 N–H and O–H groups in total. The van der Waals surface area contributed by atoms with Crippen LogP contribution in [0.1, 0.15) is 59.8 Å². The maximum atomic E-state index is 11.9. The summed E-state index contributed by atoms with van der Waals surface area (Å²) in [5.41, 5.74) is -0.162. The number of unbranched alkanes of at least 4 members (excludes halogenated alkanes) is 1. The zero-order valence-electron chi connectivity index (χ0n) is 12.8. The lowest BCUT2D eigenvalue weighted by atomic mass is 9.81. The summed E-state index contributed by atoms with van der Waals surface area (Å²) < 4.78 is 0. The van der Waals surface area contributed by atoms with Gasteiger partial charge in [-0.15, -0.1) is 0 Å². The average Bonchev–Trinajstić information content (AvgIpc) is 2.25. The van der Waals surface area contributed by atoms with Gasteiger partial charge in [-0.1, -0.05) is 27.2 Å². The number of nitrogens with one attached hydrogen (secondary N) is 1. The molecule has 4 heteroatoms. The summed E-state index contributed by atoms with van der Waals surface area (Å²) in [6.45, 7) is 9.81. The molecule has 0 bridgehead atoms. The van der Waals surface area contributed by atoms with Crippen molar-refractivity contribution in [1.82, 2.24) is 10.2 Å². The topological polar surface area (TPSA) is 49.4 Å². The Morgan fingerprint density at radius 1 is 1.21 bits per heavy atom. The lowest BCUT2D eigenvalue weighted by molar-refractivity contribution is -0.152. The van der Waals surface area contributed by atoms with E-state index in [2.05, 4.69) is 19.2 Å². The number of hydrogen-bond acceptors (Lipinski definition) is 3. The molecule has 0 spiro atoms. The summed E-state index contributed by atoms with van der Waals surface area (Å²) in [5.74, 6) is 0.00182. The number of likely N-dealkylation sites (tertiary alicyclic amines) is 1. The fraction of sp³-hybridized carbons (Fsp3) is 0.867. The average molecular weight is 268 g/mol. The SMILES string of the molecule is CCNC(C)CCCCN1C(=O)CC(C)(C)CC1=O. The van der Waals surface area contributed by atoms with Gasteiger partial charge in [0, 0.05) is 25.4 Å². The van der Waals surface area contributed by atoms with Gasteiger partial charge in [0.2, 0.25) is 11.8 Å². The minimum Gasteiger partial charge on any atom is -0.315 e. The van der Waals surface area contributed by atoms with Crippen molar-refractivity contribution in [3.63, 3.8) is 0 Å². The Labute approximate surface area is 116 Å². The van der Waals surface area contributed by atoms with E-state index in [0.717, 1.165) is 25.8 Å². The largest absolute Gasteiger partial charge is 0.315 e. The van der Waals surface area contributed by atoms with Gasteiger partial charge >= 0.3 is 0 Å². The summed E-state index contributed by atoms with van der Waals surface area (Å²) in [4.78, 5) is 25.3. The van der Waals surface area contributed by atoms with E-state index in [9.17, 15) is 9.59 Å². The highest BCUT2D eigenvalue weighted by Gasteiger charge is 2.36. The maximum absolute atomic E-state index is 11.9. The molecule has 0 aromatic rings. The highest BCUT2D eigenvalue weighted by molar-refractivity contribution is 5.98. The van der Waals surface area contributed by atoms with Crippen LogP contribution in [0.4, 0.5) is 0 Å². The summed E-state index contributed by atoms with van der Waals surface area (Å²) in [6.07, 6.45) is 4.04. The third kappa shape index (κ3) is 5.31. The van der Waals surface area contributed by atoms with E-state index in [0.29, 0.717) is 25.4 Å². The molecule has 0 aromatic heterocycles. The molecule has 1 heterocycles. The second-order valence-electron chi connectivity index (χ2n) is 6.41. The Morgan fingerprint density at radius 3 is 2.32 bits per heavy atom. The van der Waals surface area contributed by atoms with Crippen molar-refractivity contribution in [1.29, 1.82) is 0 Å². The number of carbonyl (C=O) groups excluding carboxylic acids is 2. The zero-order chi connectivity index (χ0) is 14.5. The number of piperidine rings is 1. The molecule has 0 saturated carbocycles. The quantitative estimate of drug-likeness (QED) is 0.569. The molecule has 4 nitrogen and oxygen atoms in total. The number of hydrogen-bond donors (Lipinski definition) is 1. The van der Waals surface area contributed by atoms with Crippen LogP contribution < -0.4 is 5.32 Å². The third-order valence-corrected chi connectivity index (χ3v) is 3.68. The zero-order valence-corrected chi connectivity index (χ0v) is 12.8. The highest BCUT2D eigenvalue weighted by Crippen LogP contribution is 2.31. The van der Waals surface area contributed by atoms with Crippen molar-refractivity contribution >= 4 is 11.8 Å². The molecule has 1 fully saturated rings. The molecule has 19 heavy (non-hydrogen) atoms. The van der Waals surface area contributed by atoms with E-state index in [1.165, 1.54) is 4.90 Å². The van der Waals surface area contributed by atoms with Crippen molar-refractivity contribution < 1.29 is 9.59 Å². The van der Waals surface area contributed by atoms with Gasteiger partial charge in [-0.3, -0.25) is 14.5 Å². The molecular formula is C15H28N2O2. The molecular weight excluding hydrogens is 240 g/mol. The van der Waals surface area contributed by atoms with E-state index in [-0.39, 0.29) is 17.2 Å². The second-order valence-corrected chi connectivity index (χ2v) is 6.41. The van der Waals surface area contributed by atoms with E-state index in [4.69, 9.17) is 0 Å². The first-order valence-electron chi connectivity index (χ1n) is 7.42. The molecule has 1 saturated heterocycles. The standard InChI is InChI=1S/C15H28N2O2/c1-5-16-12(2)8-6-7-9-17-13(18)10-15(3,4)11-14(17)19/h12,16H,5-11H2,1-4H3. The van der Waals surface area contributed by atoms with E-state index in [1.54, 1.807) is 0 Å². The molecule has 1 unspecified atom stereocenters. The Hall–Kier alpha value is -0.900. The van der Waals surface area contributed by atoms with Gasteiger partial charge in [0.15, 0.2) is 0 Å². The van der Waals surface area contributed by atoms with Crippen LogP contribution in [0.25, 0.3) is 0 Å². The predicted octanol–water partition coefficient (Wildman–Crippen LogP) is 2.33. The van der Waals surface area contributed by atoms with Gasteiger partial charge in [0.25, 0.3) is 0 Å². The minimum atomic E-state index is -0.162. The molecule has 2 amide bonds. The highest BCUT2D eigenvalue weighted by atomic mass is 16.2. The van der Waals surface area contributed by atoms with Crippen LogP contribution in [0.5, 0.6) is 0 Å². The molecule has 1 rings (SSSR count). The van der Waals surface area contributed by atoms with Gasteiger partial charge in [-0.25, -0.2) is 0 Å². The van der Waals surface area contributed by atoms with E-state index in [1.807, 2.05) is 13.8 Å². The van der Waals surface area contributed by atoms with E-state index >= 15 is 0 Å². The Bertz CT molecular complexity index is 306. The van der Waals surface area contributed by atoms with Gasteiger partial charge < -0.3 is 5.32 Å². The first kappa shape index (κ1) is 16.2. The number of carbonyl (C=O) groups is 2. The second kappa shape index (κ2) is 7.04. The van der Waals surface area contributed by atoms with Crippen LogP contribution >= 0.6 is 0 Å². The molecule has 0 radical (unpaired) electrons. The predicted molar refractivity (Wildman–Crippen MR) is 76.7 cm³/mol. The summed E-state index contributed by atoms with van der Waals surface area (Å²) >= 11 is 0. The minimum absolute atomic E-state index is 0.000909. The van der Waals surface area contributed by atoms with Gasteiger partial charge in [-0.2, -0.15) is 0 Å². The summed E-state index contributed by atoms with van der Waals surface area (Å²) in [5, 5.41) is 3.36. The van der Waals surface area contributed by atoms with Crippen molar-refractivity contribution in [2.24, 2.45) is 5.41 Å². The molecule has 1 aliphatic rings. The third-order valence-electron chi connectivity index (χ3n) is 3.68. The molecule has 0 aromatic carbocycles. The lowest BCUT2D eigenvalue weighted by Crippen LogP contribution is -2.46. The fourth-order valence-electron chi connectivity index (χ4n) is 2.63. The Morgan fingerprint density at radius 2 is 1.79 bits per heavy atom. The number of imide groups is 1. The lowest BCUT2D eigenvalue weighted by Gasteiger charge is -2.34.